The summed E-state index contributed by atoms with van der Waals surface area (Å²) in [5, 5.41) is 0. The lowest BCUT2D eigenvalue weighted by Gasteiger charge is -1.98. The highest BCUT2D eigenvalue weighted by molar-refractivity contribution is 5.10. The summed E-state index contributed by atoms with van der Waals surface area (Å²) in [4.78, 5) is 0. The third-order valence-corrected chi connectivity index (χ3v) is 1.41. The van der Waals surface area contributed by atoms with Gasteiger partial charge in [-0.2, -0.15) is 0 Å². The van der Waals surface area contributed by atoms with Gasteiger partial charge in [0.1, 0.15) is 0 Å². The number of allylic oxidation sites excluding steroid dienone is 5. The lowest BCUT2D eigenvalue weighted by atomic mass is 10.1. The van der Waals surface area contributed by atoms with Crippen LogP contribution < -0.4 is 5.73 Å². The Morgan fingerprint density at radius 3 is 2.55 bits per heavy atom. The van der Waals surface area contributed by atoms with Crippen LogP contribution in [-0.4, -0.2) is 0 Å². The second kappa shape index (κ2) is 5.78. The highest BCUT2D eigenvalue weighted by atomic mass is 14.5. The Bertz CT molecular complexity index is 175. The molecule has 0 fully saturated rings. The molecule has 0 radical (unpaired) electrons. The van der Waals surface area contributed by atoms with Crippen LogP contribution in [0.5, 0.6) is 0 Å². The maximum atomic E-state index is 5.43. The van der Waals surface area contributed by atoms with Crippen LogP contribution in [0, 0.1) is 0 Å². The van der Waals surface area contributed by atoms with E-state index >= 15 is 0 Å². The van der Waals surface area contributed by atoms with Crippen molar-refractivity contribution in [2.24, 2.45) is 5.73 Å². The van der Waals surface area contributed by atoms with Crippen molar-refractivity contribution < 1.29 is 0 Å². The molecule has 0 aromatic rings. The standard InChI is InChI=1S/C10H17N/c1-4-5-6-9(2)7-8-10(3)11/h4-6H,3,7-8,11H2,1-2H3/b5-4-,9-6+. The third-order valence-electron chi connectivity index (χ3n) is 1.41. The van der Waals surface area contributed by atoms with E-state index < -0.39 is 0 Å². The van der Waals surface area contributed by atoms with E-state index in [1.165, 1.54) is 5.57 Å². The van der Waals surface area contributed by atoms with Crippen molar-refractivity contribution in [1.82, 2.24) is 0 Å². The Labute approximate surface area is 69.3 Å². The minimum atomic E-state index is 0.762. The van der Waals surface area contributed by atoms with Gasteiger partial charge in [0.2, 0.25) is 0 Å². The van der Waals surface area contributed by atoms with Gasteiger partial charge >= 0.3 is 0 Å². The molecule has 0 amide bonds. The second-order valence-corrected chi connectivity index (χ2v) is 2.70. The van der Waals surface area contributed by atoms with Crippen LogP contribution in [0.4, 0.5) is 0 Å². The zero-order valence-electron chi connectivity index (χ0n) is 7.43. The summed E-state index contributed by atoms with van der Waals surface area (Å²) in [6.45, 7) is 7.75. The predicted molar refractivity (Wildman–Crippen MR) is 51.1 cm³/mol. The number of hydrogen-bond acceptors (Lipinski definition) is 1. The van der Waals surface area contributed by atoms with Crippen molar-refractivity contribution in [1.29, 1.82) is 0 Å². The van der Waals surface area contributed by atoms with E-state index in [1.807, 2.05) is 19.1 Å². The summed E-state index contributed by atoms with van der Waals surface area (Å²) in [7, 11) is 0. The molecule has 0 aliphatic carbocycles. The highest BCUT2D eigenvalue weighted by Gasteiger charge is 1.88. The van der Waals surface area contributed by atoms with Crippen molar-refractivity contribution in [3.63, 3.8) is 0 Å². The lowest BCUT2D eigenvalue weighted by molar-refractivity contribution is 0.916. The first-order valence-corrected chi connectivity index (χ1v) is 3.88. The Morgan fingerprint density at radius 2 is 2.09 bits per heavy atom. The quantitative estimate of drug-likeness (QED) is 0.614. The molecule has 11 heavy (non-hydrogen) atoms. The topological polar surface area (TPSA) is 26.0 Å². The molecule has 0 atom stereocenters. The van der Waals surface area contributed by atoms with Gasteiger partial charge < -0.3 is 5.73 Å². The molecule has 0 heterocycles. The fourth-order valence-electron chi connectivity index (χ4n) is 0.702. The van der Waals surface area contributed by atoms with Gasteiger partial charge in [-0.3, -0.25) is 0 Å². The summed E-state index contributed by atoms with van der Waals surface area (Å²) in [5.74, 6) is 0. The van der Waals surface area contributed by atoms with Crippen LogP contribution in [0.15, 0.2) is 36.1 Å². The summed E-state index contributed by atoms with van der Waals surface area (Å²) >= 11 is 0. The van der Waals surface area contributed by atoms with Crippen LogP contribution in [0.2, 0.25) is 0 Å². The van der Waals surface area contributed by atoms with Crippen LogP contribution >= 0.6 is 0 Å². The molecule has 0 aromatic heterocycles. The molecule has 0 saturated heterocycles. The Hall–Kier alpha value is -0.980. The normalized spacial score (nSPS) is 12.4. The van der Waals surface area contributed by atoms with E-state index in [-0.39, 0.29) is 0 Å². The molecule has 2 N–H and O–H groups in total. The lowest BCUT2D eigenvalue weighted by Crippen LogP contribution is -1.94. The third kappa shape index (κ3) is 6.91. The van der Waals surface area contributed by atoms with E-state index in [0.29, 0.717) is 0 Å². The van der Waals surface area contributed by atoms with Crippen LogP contribution in [0.25, 0.3) is 0 Å². The summed E-state index contributed by atoms with van der Waals surface area (Å²) in [5.41, 5.74) is 7.53. The minimum Gasteiger partial charge on any atom is -0.403 e. The van der Waals surface area contributed by atoms with E-state index in [1.54, 1.807) is 0 Å². The SMILES string of the molecule is C=C(N)CC/C(C)=C/C=C\C. The van der Waals surface area contributed by atoms with E-state index in [9.17, 15) is 0 Å². The molecule has 0 unspecified atom stereocenters. The van der Waals surface area contributed by atoms with Gasteiger partial charge in [-0.25, -0.2) is 0 Å². The van der Waals surface area contributed by atoms with Crippen molar-refractivity contribution >= 4 is 0 Å². The molecule has 0 aromatic carbocycles. The van der Waals surface area contributed by atoms with Crippen molar-refractivity contribution in [3.05, 3.63) is 36.1 Å². The summed E-state index contributed by atoms with van der Waals surface area (Å²) in [6, 6.07) is 0. The molecule has 0 spiro atoms. The maximum Gasteiger partial charge on any atom is 0.00106 e. The van der Waals surface area contributed by atoms with Crippen molar-refractivity contribution in [2.45, 2.75) is 26.7 Å². The highest BCUT2D eigenvalue weighted by Crippen LogP contribution is 2.06. The maximum absolute atomic E-state index is 5.43. The van der Waals surface area contributed by atoms with E-state index in [2.05, 4.69) is 19.6 Å². The fraction of sp³-hybridized carbons (Fsp3) is 0.400. The van der Waals surface area contributed by atoms with Crippen LogP contribution in [-0.2, 0) is 0 Å². The number of rotatable bonds is 4. The predicted octanol–water partition coefficient (Wildman–Crippen LogP) is 2.76. The Kier molecular flexibility index (Phi) is 5.26. The fourth-order valence-corrected chi connectivity index (χ4v) is 0.702. The molecule has 0 aliphatic heterocycles. The van der Waals surface area contributed by atoms with Gasteiger partial charge in [-0.15, -0.1) is 0 Å². The van der Waals surface area contributed by atoms with Gasteiger partial charge in [0.05, 0.1) is 0 Å². The zero-order valence-corrected chi connectivity index (χ0v) is 7.43. The van der Waals surface area contributed by atoms with Gasteiger partial charge in [0, 0.05) is 5.70 Å². The average Bonchev–Trinajstić information content (AvgIpc) is 1.97. The summed E-state index contributed by atoms with van der Waals surface area (Å²) < 4.78 is 0. The van der Waals surface area contributed by atoms with Gasteiger partial charge in [-0.1, -0.05) is 30.4 Å². The minimum absolute atomic E-state index is 0.762. The van der Waals surface area contributed by atoms with E-state index in [4.69, 9.17) is 5.73 Å². The van der Waals surface area contributed by atoms with Crippen LogP contribution in [0.1, 0.15) is 26.7 Å². The van der Waals surface area contributed by atoms with Crippen molar-refractivity contribution in [2.75, 3.05) is 0 Å². The van der Waals surface area contributed by atoms with Gasteiger partial charge in [0.25, 0.3) is 0 Å². The van der Waals surface area contributed by atoms with Crippen molar-refractivity contribution in [3.8, 4) is 0 Å². The number of hydrogen-bond donors (Lipinski definition) is 1. The number of nitrogens with two attached hydrogens (primary N) is 1. The smallest absolute Gasteiger partial charge is 0.00106 e. The van der Waals surface area contributed by atoms with E-state index in [0.717, 1.165) is 18.5 Å². The molecule has 62 valence electrons. The average molecular weight is 151 g/mol. The molecule has 0 bridgehead atoms. The molecular weight excluding hydrogens is 134 g/mol. The molecule has 0 rings (SSSR count). The molecule has 0 aliphatic rings. The first kappa shape index (κ1) is 10.0. The molecule has 0 saturated carbocycles. The van der Waals surface area contributed by atoms with Gasteiger partial charge in [0.15, 0.2) is 0 Å². The van der Waals surface area contributed by atoms with Gasteiger partial charge in [-0.05, 0) is 26.7 Å². The molecular formula is C10H17N. The van der Waals surface area contributed by atoms with Crippen LogP contribution in [0.3, 0.4) is 0 Å². The monoisotopic (exact) mass is 151 g/mol. The zero-order chi connectivity index (χ0) is 8.69. The first-order valence-electron chi connectivity index (χ1n) is 3.88. The Morgan fingerprint density at radius 1 is 1.45 bits per heavy atom. The summed E-state index contributed by atoms with van der Waals surface area (Å²) in [6.07, 6.45) is 8.05. The first-order chi connectivity index (χ1) is 5.16. The molecule has 1 heteroatoms. The second-order valence-electron chi connectivity index (χ2n) is 2.70. The Balaban J connectivity index is 3.68. The largest absolute Gasteiger partial charge is 0.403 e. The molecule has 1 nitrogen and oxygen atoms in total.